The van der Waals surface area contributed by atoms with Crippen molar-refractivity contribution in [2.45, 2.75) is 6.42 Å². The minimum Gasteiger partial charge on any atom is -0.435 e. The van der Waals surface area contributed by atoms with Gasteiger partial charge in [-0.3, -0.25) is 9.59 Å². The normalized spacial score (nSPS) is 8.00. The van der Waals surface area contributed by atoms with Crippen molar-refractivity contribution in [3.05, 3.63) is 12.8 Å². The lowest BCUT2D eigenvalue weighted by Gasteiger charge is -1.92. The zero-order chi connectivity index (χ0) is 7.28. The molecule has 0 bridgehead atoms. The summed E-state index contributed by atoms with van der Waals surface area (Å²) >= 11 is 0. The van der Waals surface area contributed by atoms with Gasteiger partial charge in [0.15, 0.2) is 0 Å². The molecular formula is C5H7NO3. The largest absolute Gasteiger partial charge is 0.435 e. The fourth-order valence-electron chi connectivity index (χ4n) is 0.277. The van der Waals surface area contributed by atoms with Crippen LogP contribution in [0.5, 0.6) is 0 Å². The van der Waals surface area contributed by atoms with Gasteiger partial charge in [0.2, 0.25) is 5.91 Å². The van der Waals surface area contributed by atoms with Gasteiger partial charge in [-0.15, -0.1) is 0 Å². The highest BCUT2D eigenvalue weighted by molar-refractivity contribution is 5.93. The van der Waals surface area contributed by atoms with Gasteiger partial charge in [0, 0.05) is 0 Å². The van der Waals surface area contributed by atoms with Crippen LogP contribution in [0.15, 0.2) is 12.8 Å². The van der Waals surface area contributed by atoms with Crippen molar-refractivity contribution >= 4 is 11.9 Å². The van der Waals surface area contributed by atoms with E-state index in [4.69, 9.17) is 0 Å². The Labute approximate surface area is 52.3 Å². The van der Waals surface area contributed by atoms with Gasteiger partial charge in [-0.1, -0.05) is 6.58 Å². The number of hydrogen-bond acceptors (Lipinski definition) is 3. The molecule has 0 fully saturated rings. The standard InChI is InChI=1S/C5H7NO3/c1-2-9-5(8)3-4(6)7/h2H,1,3H2,(H2,6,7). The highest BCUT2D eigenvalue weighted by Crippen LogP contribution is 1.83. The second kappa shape index (κ2) is 3.65. The van der Waals surface area contributed by atoms with E-state index in [-0.39, 0.29) is 0 Å². The van der Waals surface area contributed by atoms with Crippen LogP contribution in [0.2, 0.25) is 0 Å². The Balaban J connectivity index is 3.50. The van der Waals surface area contributed by atoms with Crippen LogP contribution in [0.1, 0.15) is 6.42 Å². The van der Waals surface area contributed by atoms with Crippen molar-refractivity contribution in [2.24, 2.45) is 5.73 Å². The molecule has 4 nitrogen and oxygen atoms in total. The second-order valence-electron chi connectivity index (χ2n) is 1.30. The van der Waals surface area contributed by atoms with Gasteiger partial charge in [0.05, 0.1) is 6.26 Å². The summed E-state index contributed by atoms with van der Waals surface area (Å²) in [7, 11) is 0. The van der Waals surface area contributed by atoms with Crippen LogP contribution in [0.25, 0.3) is 0 Å². The molecule has 2 N–H and O–H groups in total. The number of amides is 1. The Hall–Kier alpha value is -1.32. The molecule has 0 spiro atoms. The Kier molecular flexibility index (Phi) is 3.12. The summed E-state index contributed by atoms with van der Waals surface area (Å²) in [6, 6.07) is 0. The number of rotatable bonds is 3. The van der Waals surface area contributed by atoms with E-state index in [1.165, 1.54) is 0 Å². The molecule has 1 amide bonds. The summed E-state index contributed by atoms with van der Waals surface area (Å²) in [5.41, 5.74) is 4.65. The highest BCUT2D eigenvalue weighted by Gasteiger charge is 2.03. The van der Waals surface area contributed by atoms with E-state index in [1.54, 1.807) is 0 Å². The molecule has 0 heterocycles. The summed E-state index contributed by atoms with van der Waals surface area (Å²) < 4.78 is 4.18. The molecule has 0 aromatic carbocycles. The quantitative estimate of drug-likeness (QED) is 0.318. The van der Waals surface area contributed by atoms with Crippen LogP contribution in [-0.2, 0) is 14.3 Å². The summed E-state index contributed by atoms with van der Waals surface area (Å²) in [5, 5.41) is 0. The number of nitrogens with two attached hydrogens (primary N) is 1. The maximum atomic E-state index is 10.3. The monoisotopic (exact) mass is 129 g/mol. The smallest absolute Gasteiger partial charge is 0.320 e. The molecule has 9 heavy (non-hydrogen) atoms. The zero-order valence-corrected chi connectivity index (χ0v) is 4.79. The Bertz CT molecular complexity index is 141. The number of ether oxygens (including phenoxy) is 1. The molecule has 0 radical (unpaired) electrons. The topological polar surface area (TPSA) is 69.4 Å². The van der Waals surface area contributed by atoms with Gasteiger partial charge >= 0.3 is 5.97 Å². The number of hydrogen-bond donors (Lipinski definition) is 1. The average molecular weight is 129 g/mol. The SMILES string of the molecule is C=COC(=O)CC(N)=O. The maximum absolute atomic E-state index is 10.3. The minimum absolute atomic E-state index is 0.397. The fourth-order valence-corrected chi connectivity index (χ4v) is 0.277. The van der Waals surface area contributed by atoms with Crippen LogP contribution in [0.4, 0.5) is 0 Å². The molecule has 0 saturated heterocycles. The molecule has 0 aliphatic rings. The third kappa shape index (κ3) is 4.53. The molecular weight excluding hydrogens is 122 g/mol. The predicted octanol–water partition coefficient (Wildman–Crippen LogP) is -0.451. The van der Waals surface area contributed by atoms with E-state index in [0.29, 0.717) is 0 Å². The number of primary amides is 1. The number of carbonyl (C=O) groups excluding carboxylic acids is 2. The van der Waals surface area contributed by atoms with Gasteiger partial charge in [0.25, 0.3) is 0 Å². The van der Waals surface area contributed by atoms with Crippen molar-refractivity contribution in [1.82, 2.24) is 0 Å². The van der Waals surface area contributed by atoms with E-state index < -0.39 is 18.3 Å². The molecule has 0 aromatic rings. The third-order valence-corrected chi connectivity index (χ3v) is 0.533. The van der Waals surface area contributed by atoms with Gasteiger partial charge in [0.1, 0.15) is 6.42 Å². The van der Waals surface area contributed by atoms with Crippen LogP contribution in [-0.4, -0.2) is 11.9 Å². The average Bonchev–Trinajstić information content (AvgIpc) is 1.63. The fraction of sp³-hybridized carbons (Fsp3) is 0.200. The molecule has 0 rings (SSSR count). The molecule has 0 aliphatic heterocycles. The van der Waals surface area contributed by atoms with Crippen molar-refractivity contribution in [1.29, 1.82) is 0 Å². The maximum Gasteiger partial charge on any atom is 0.320 e. The minimum atomic E-state index is -0.707. The lowest BCUT2D eigenvalue weighted by molar-refractivity contribution is -0.140. The molecule has 0 atom stereocenters. The van der Waals surface area contributed by atoms with Crippen LogP contribution in [0.3, 0.4) is 0 Å². The Morgan fingerprint density at radius 1 is 1.67 bits per heavy atom. The van der Waals surface area contributed by atoms with Gasteiger partial charge in [-0.05, 0) is 0 Å². The highest BCUT2D eigenvalue weighted by atomic mass is 16.5. The van der Waals surface area contributed by atoms with Crippen molar-refractivity contribution in [3.63, 3.8) is 0 Å². The first kappa shape index (κ1) is 7.68. The molecule has 0 saturated carbocycles. The summed E-state index contributed by atoms with van der Waals surface area (Å²) in [6.45, 7) is 3.11. The number of esters is 1. The predicted molar refractivity (Wildman–Crippen MR) is 30.1 cm³/mol. The van der Waals surface area contributed by atoms with Gasteiger partial charge in [-0.2, -0.15) is 0 Å². The van der Waals surface area contributed by atoms with Gasteiger partial charge < -0.3 is 10.5 Å². The van der Waals surface area contributed by atoms with E-state index in [0.717, 1.165) is 6.26 Å². The van der Waals surface area contributed by atoms with E-state index >= 15 is 0 Å². The summed E-state index contributed by atoms with van der Waals surface area (Å²) in [4.78, 5) is 20.2. The van der Waals surface area contributed by atoms with E-state index in [9.17, 15) is 9.59 Å². The van der Waals surface area contributed by atoms with E-state index in [1.807, 2.05) is 0 Å². The number of carbonyl (C=O) groups is 2. The Morgan fingerprint density at radius 3 is 2.56 bits per heavy atom. The van der Waals surface area contributed by atoms with Crippen LogP contribution < -0.4 is 5.73 Å². The summed E-state index contributed by atoms with van der Waals surface area (Å²) in [6.07, 6.45) is 0.553. The summed E-state index contributed by atoms with van der Waals surface area (Å²) in [5.74, 6) is -1.39. The first-order valence-electron chi connectivity index (χ1n) is 2.25. The molecule has 0 unspecified atom stereocenters. The third-order valence-electron chi connectivity index (χ3n) is 0.533. The second-order valence-corrected chi connectivity index (χ2v) is 1.30. The molecule has 4 heteroatoms. The van der Waals surface area contributed by atoms with Crippen molar-refractivity contribution in [2.75, 3.05) is 0 Å². The van der Waals surface area contributed by atoms with Crippen molar-refractivity contribution in [3.8, 4) is 0 Å². The van der Waals surface area contributed by atoms with E-state index in [2.05, 4.69) is 17.0 Å². The molecule has 0 aromatic heterocycles. The lowest BCUT2D eigenvalue weighted by Crippen LogP contribution is -2.16. The van der Waals surface area contributed by atoms with Crippen LogP contribution in [0, 0.1) is 0 Å². The molecule has 0 aliphatic carbocycles. The lowest BCUT2D eigenvalue weighted by atomic mass is 10.4. The first-order valence-corrected chi connectivity index (χ1v) is 2.25. The zero-order valence-electron chi connectivity index (χ0n) is 4.79. The first-order chi connectivity index (χ1) is 4.16. The van der Waals surface area contributed by atoms with Crippen LogP contribution >= 0.6 is 0 Å². The molecule has 50 valence electrons. The van der Waals surface area contributed by atoms with Crippen molar-refractivity contribution < 1.29 is 14.3 Å². The Morgan fingerprint density at radius 2 is 2.22 bits per heavy atom. The van der Waals surface area contributed by atoms with Gasteiger partial charge in [-0.25, -0.2) is 0 Å².